The van der Waals surface area contributed by atoms with Gasteiger partial charge >= 0.3 is 36.4 Å². The lowest BCUT2D eigenvalue weighted by Gasteiger charge is -2.26. The third-order valence-corrected chi connectivity index (χ3v) is 9.36. The number of hydrogen-bond acceptors (Lipinski definition) is 16. The van der Waals surface area contributed by atoms with Gasteiger partial charge in [-0.3, -0.25) is 9.47 Å². The first-order chi connectivity index (χ1) is 31.9. The first-order valence-electron chi connectivity index (χ1n) is 19.7. The molecule has 0 amide bonds. The summed E-state index contributed by atoms with van der Waals surface area (Å²) in [6.45, 7) is 7.57. The molecule has 0 aliphatic carbocycles. The van der Waals surface area contributed by atoms with Gasteiger partial charge in [0.1, 0.15) is 12.2 Å². The van der Waals surface area contributed by atoms with E-state index >= 15 is 0 Å². The number of halogens is 9. The molecule has 4 atom stereocenters. The number of nitrogens with zero attached hydrogens (tertiary/aromatic N) is 9. The molecule has 0 unspecified atom stereocenters. The first kappa shape index (κ1) is 53.9. The highest BCUT2D eigenvalue weighted by atomic mass is 19.4. The zero-order valence-electron chi connectivity index (χ0n) is 35.1. The van der Waals surface area contributed by atoms with E-state index in [1.54, 1.807) is 10.9 Å². The molecule has 2 aliphatic heterocycles. The fraction of sp³-hybridized carbons (Fsp3) is 0.447. The number of tetrazole rings is 1. The number of imidazole rings is 1. The molecule has 68 heavy (non-hydrogen) atoms. The van der Waals surface area contributed by atoms with Gasteiger partial charge in [-0.25, -0.2) is 19.4 Å². The maximum atomic E-state index is 11.1. The van der Waals surface area contributed by atoms with Crippen molar-refractivity contribution < 1.29 is 88.9 Å². The Hall–Kier alpha value is -6.76. The minimum absolute atomic E-state index is 0.0437. The number of carboxylic acid groups (broad SMARTS) is 3. The predicted octanol–water partition coefficient (Wildman–Crippen LogP) is 3.71. The second kappa shape index (κ2) is 23.8. The number of aromatic nitrogens is 8. The first-order valence-corrected chi connectivity index (χ1v) is 19.7. The normalized spacial score (nSPS) is 18.6. The minimum atomic E-state index is -5.08. The Morgan fingerprint density at radius 2 is 1.29 bits per heavy atom. The molecule has 3 aromatic heterocycles. The molecule has 7 N–H and O–H groups in total. The molecule has 30 heteroatoms. The summed E-state index contributed by atoms with van der Waals surface area (Å²) in [7, 11) is 0. The van der Waals surface area contributed by atoms with Crippen molar-refractivity contribution in [2.45, 2.75) is 62.5 Å². The Labute approximate surface area is 377 Å². The molecular formula is C38H42F9N11O10. The van der Waals surface area contributed by atoms with Crippen molar-refractivity contribution in [3.63, 3.8) is 0 Å². The van der Waals surface area contributed by atoms with Crippen LogP contribution in [-0.2, 0) is 30.4 Å². The lowest BCUT2D eigenvalue weighted by molar-refractivity contribution is -0.193. The fourth-order valence-corrected chi connectivity index (χ4v) is 6.06. The van der Waals surface area contributed by atoms with Crippen LogP contribution < -0.4 is 10.6 Å². The summed E-state index contributed by atoms with van der Waals surface area (Å²) in [5.74, 6) is -7.09. The second-order valence-corrected chi connectivity index (χ2v) is 14.0. The van der Waals surface area contributed by atoms with Gasteiger partial charge in [-0.2, -0.15) is 54.3 Å². The maximum Gasteiger partial charge on any atom is 0.490 e. The molecule has 2 fully saturated rings. The van der Waals surface area contributed by atoms with Crippen molar-refractivity contribution >= 4 is 40.8 Å². The van der Waals surface area contributed by atoms with Crippen LogP contribution in [-0.4, -0.2) is 165 Å². The van der Waals surface area contributed by atoms with Crippen LogP contribution in [0, 0.1) is 0 Å². The van der Waals surface area contributed by atoms with Gasteiger partial charge in [0.2, 0.25) is 11.8 Å². The van der Waals surface area contributed by atoms with Crippen LogP contribution in [0.1, 0.15) is 42.1 Å². The number of carboxylic acids is 3. The summed E-state index contributed by atoms with van der Waals surface area (Å²) in [4.78, 5) is 44.7. The topological polar surface area (TPSA) is 285 Å². The van der Waals surface area contributed by atoms with Gasteiger partial charge in [-0.05, 0) is 23.3 Å². The minimum Gasteiger partial charge on any atom is -0.475 e. The zero-order chi connectivity index (χ0) is 50.4. The number of anilines is 2. The lowest BCUT2D eigenvalue weighted by atomic mass is 9.91. The number of fused-ring (bicyclic) bond motifs is 1. The van der Waals surface area contributed by atoms with E-state index in [1.165, 1.54) is 15.9 Å². The summed E-state index contributed by atoms with van der Waals surface area (Å²) < 4.78 is 108. The molecule has 2 aliphatic rings. The third kappa shape index (κ3) is 15.4. The number of aryl methyl sites for hydroxylation is 1. The monoisotopic (exact) mass is 983 g/mol. The van der Waals surface area contributed by atoms with Gasteiger partial charge in [0.05, 0.1) is 26.1 Å². The van der Waals surface area contributed by atoms with Crippen molar-refractivity contribution in [3.05, 3.63) is 83.9 Å². The van der Waals surface area contributed by atoms with E-state index in [0.717, 1.165) is 32.8 Å². The number of benzene rings is 2. The van der Waals surface area contributed by atoms with Crippen molar-refractivity contribution in [2.24, 2.45) is 0 Å². The average Bonchev–Trinajstić information content (AvgIpc) is 4.02. The molecule has 0 saturated carbocycles. The Bertz CT molecular complexity index is 2290. The van der Waals surface area contributed by atoms with Crippen molar-refractivity contribution in [1.29, 1.82) is 0 Å². The number of nitrogens with one attached hydrogen (secondary N) is 2. The van der Waals surface area contributed by atoms with Gasteiger partial charge in [0.15, 0.2) is 29.3 Å². The third-order valence-electron chi connectivity index (χ3n) is 9.36. The molecule has 5 aromatic rings. The molecule has 7 rings (SSSR count). The van der Waals surface area contributed by atoms with Gasteiger partial charge < -0.3 is 45.6 Å². The number of ether oxygens (including phenoxy) is 2. The van der Waals surface area contributed by atoms with E-state index in [4.69, 9.17) is 49.1 Å². The van der Waals surface area contributed by atoms with Crippen molar-refractivity contribution in [1.82, 2.24) is 44.6 Å². The predicted molar refractivity (Wildman–Crippen MR) is 214 cm³/mol. The van der Waals surface area contributed by atoms with Crippen molar-refractivity contribution in [2.75, 3.05) is 56.6 Å². The van der Waals surface area contributed by atoms with E-state index in [9.17, 15) is 49.7 Å². The highest BCUT2D eigenvalue weighted by Gasteiger charge is 2.47. The highest BCUT2D eigenvalue weighted by Crippen LogP contribution is 2.39. The van der Waals surface area contributed by atoms with Gasteiger partial charge in [0, 0.05) is 38.6 Å². The quantitative estimate of drug-likeness (QED) is 0.0877. The SMILES string of the molecule is CCn1nnc([C@H]2O[C@@H](n3cnc4c(NCC(c5ccccc5)c5ccccc5)nc(NCCN5CCOCC5)nc43)[C@H](O)[C@@H]2O)n1.O=C(O)C(F)(F)F.O=C(O)C(F)(F)F.O=C(O)C(F)(F)F. The molecule has 0 radical (unpaired) electrons. The number of alkyl halides is 9. The Balaban J connectivity index is 0.000000400. The van der Waals surface area contributed by atoms with Gasteiger partial charge in [-0.1, -0.05) is 60.7 Å². The van der Waals surface area contributed by atoms with E-state index < -0.39 is 61.0 Å². The molecule has 2 saturated heterocycles. The molecule has 21 nitrogen and oxygen atoms in total. The summed E-state index contributed by atoms with van der Waals surface area (Å²) in [5.41, 5.74) is 3.28. The van der Waals surface area contributed by atoms with Crippen LogP contribution in [0.15, 0.2) is 67.0 Å². The van der Waals surface area contributed by atoms with E-state index in [-0.39, 0.29) is 11.7 Å². The number of aliphatic hydroxyl groups excluding tert-OH is 2. The maximum absolute atomic E-state index is 11.1. The molecular weight excluding hydrogens is 941 g/mol. The van der Waals surface area contributed by atoms with Crippen molar-refractivity contribution in [3.8, 4) is 0 Å². The van der Waals surface area contributed by atoms with Crippen LogP contribution in [0.3, 0.4) is 0 Å². The highest BCUT2D eigenvalue weighted by molar-refractivity contribution is 5.84. The van der Waals surface area contributed by atoms with Crippen LogP contribution in [0.4, 0.5) is 51.3 Å². The summed E-state index contributed by atoms with van der Waals surface area (Å²) in [6, 6.07) is 20.7. The standard InChI is InChI=1S/C32H39N11O4.3C2HF3O2/c1-2-43-39-29(38-40-43)27-25(44)26(45)31(47-27)42-20-35-24-28(36-32(37-30(24)42)33-13-14-41-15-17-46-18-16-41)34-19-23(21-9-5-3-6-10-21)22-11-7-4-8-12-22;3*3-2(4,5)1(6)7/h3-12,20,23,25-27,31,44-45H,2,13-19H2,1H3,(H2,33,34,36,37);3*(H,6,7)/t25-,26+,27-,31+;;;/m0.../s1. The van der Waals surface area contributed by atoms with Crippen LogP contribution in [0.2, 0.25) is 0 Å². The van der Waals surface area contributed by atoms with Gasteiger partial charge in [-0.15, -0.1) is 10.2 Å². The molecule has 0 bridgehead atoms. The lowest BCUT2D eigenvalue weighted by Crippen LogP contribution is -2.39. The smallest absolute Gasteiger partial charge is 0.475 e. The Morgan fingerprint density at radius 1 is 0.779 bits per heavy atom. The number of rotatable bonds is 12. The summed E-state index contributed by atoms with van der Waals surface area (Å²) in [6.07, 6.45) is -18.3. The zero-order valence-corrected chi connectivity index (χ0v) is 35.1. The molecule has 2 aromatic carbocycles. The van der Waals surface area contributed by atoms with E-state index in [1.807, 2.05) is 43.3 Å². The molecule has 5 heterocycles. The summed E-state index contributed by atoms with van der Waals surface area (Å²) >= 11 is 0. The van der Waals surface area contributed by atoms with Crippen LogP contribution in [0.5, 0.6) is 0 Å². The fourth-order valence-electron chi connectivity index (χ4n) is 6.06. The second-order valence-electron chi connectivity index (χ2n) is 14.0. The Kier molecular flexibility index (Phi) is 18.9. The van der Waals surface area contributed by atoms with Crippen LogP contribution in [0.25, 0.3) is 11.2 Å². The van der Waals surface area contributed by atoms with Gasteiger partial charge in [0.25, 0.3) is 0 Å². The molecule has 0 spiro atoms. The van der Waals surface area contributed by atoms with E-state index in [2.05, 4.69) is 60.2 Å². The number of hydrogen-bond donors (Lipinski definition) is 7. The molecule has 372 valence electrons. The Morgan fingerprint density at radius 3 is 1.76 bits per heavy atom. The number of aliphatic carboxylic acids is 3. The average molecular weight is 984 g/mol. The van der Waals surface area contributed by atoms with Crippen LogP contribution >= 0.6 is 0 Å². The number of morpholine rings is 1. The summed E-state index contributed by atoms with van der Waals surface area (Å²) in [5, 5.41) is 62.7. The largest absolute Gasteiger partial charge is 0.490 e. The van der Waals surface area contributed by atoms with E-state index in [0.29, 0.717) is 42.6 Å². The number of carbonyl (C=O) groups is 3. The number of aliphatic hydroxyl groups is 2.